The minimum absolute atomic E-state index is 0.193. The van der Waals surface area contributed by atoms with E-state index in [2.05, 4.69) is 22.0 Å². The lowest BCUT2D eigenvalue weighted by Gasteiger charge is -2.01. The van der Waals surface area contributed by atoms with Crippen LogP contribution in [0.3, 0.4) is 0 Å². The van der Waals surface area contributed by atoms with Crippen molar-refractivity contribution in [3.8, 4) is 0 Å². The van der Waals surface area contributed by atoms with Crippen molar-refractivity contribution in [1.29, 1.82) is 0 Å². The molecule has 1 aromatic rings. The summed E-state index contributed by atoms with van der Waals surface area (Å²) in [5, 5.41) is 5.86. The van der Waals surface area contributed by atoms with Gasteiger partial charge in [-0.2, -0.15) is 4.98 Å². The maximum absolute atomic E-state index is 11.3. The van der Waals surface area contributed by atoms with Gasteiger partial charge in [-0.25, -0.2) is 8.42 Å². The molecule has 0 saturated heterocycles. The number of sulfone groups is 1. The Labute approximate surface area is 94.7 Å². The monoisotopic (exact) mass is 245 g/mol. The van der Waals surface area contributed by atoms with Gasteiger partial charge in [0.1, 0.15) is 5.25 Å². The molecule has 6 nitrogen and oxygen atoms in total. The summed E-state index contributed by atoms with van der Waals surface area (Å²) in [4.78, 5) is 3.99. The van der Waals surface area contributed by atoms with E-state index in [1.165, 1.54) is 6.92 Å². The Kier molecular flexibility index (Phi) is 4.19. The standard InChI is InChI=1S/C9H15N3O3S/c1-4-5-10-6-8-11-9(12-15-8)7(2)16(3,13)14/h4,7,10H,1,5-6H2,2-3H3. The third kappa shape index (κ3) is 3.42. The summed E-state index contributed by atoms with van der Waals surface area (Å²) >= 11 is 0. The molecule has 0 spiro atoms. The summed E-state index contributed by atoms with van der Waals surface area (Å²) in [6, 6.07) is 0. The van der Waals surface area contributed by atoms with Gasteiger partial charge in [-0.05, 0) is 6.92 Å². The maximum atomic E-state index is 11.3. The number of hydrogen-bond acceptors (Lipinski definition) is 6. The fraction of sp³-hybridized carbons (Fsp3) is 0.556. The Morgan fingerprint density at radius 2 is 2.31 bits per heavy atom. The van der Waals surface area contributed by atoms with E-state index in [9.17, 15) is 8.42 Å². The minimum Gasteiger partial charge on any atom is -0.338 e. The van der Waals surface area contributed by atoms with Crippen molar-refractivity contribution >= 4 is 9.84 Å². The summed E-state index contributed by atoms with van der Waals surface area (Å²) in [6.45, 7) is 6.10. The molecule has 1 aromatic heterocycles. The highest BCUT2D eigenvalue weighted by Gasteiger charge is 2.22. The number of aromatic nitrogens is 2. The van der Waals surface area contributed by atoms with Crippen LogP contribution in [0.25, 0.3) is 0 Å². The Morgan fingerprint density at radius 1 is 1.62 bits per heavy atom. The minimum atomic E-state index is -3.19. The molecule has 1 atom stereocenters. The van der Waals surface area contributed by atoms with Crippen LogP contribution in [-0.2, 0) is 16.4 Å². The van der Waals surface area contributed by atoms with Gasteiger partial charge in [0.05, 0.1) is 6.54 Å². The van der Waals surface area contributed by atoms with Crippen LogP contribution in [0.1, 0.15) is 23.9 Å². The summed E-state index contributed by atoms with van der Waals surface area (Å²) in [5.41, 5.74) is 0. The zero-order valence-corrected chi connectivity index (χ0v) is 10.1. The Balaban J connectivity index is 2.68. The third-order valence-electron chi connectivity index (χ3n) is 2.05. The number of rotatable bonds is 6. The molecule has 7 heteroatoms. The van der Waals surface area contributed by atoms with E-state index >= 15 is 0 Å². The highest BCUT2D eigenvalue weighted by atomic mass is 32.2. The van der Waals surface area contributed by atoms with Crippen molar-refractivity contribution in [2.24, 2.45) is 0 Å². The smallest absolute Gasteiger partial charge is 0.240 e. The van der Waals surface area contributed by atoms with E-state index in [0.717, 1.165) is 6.26 Å². The van der Waals surface area contributed by atoms with Gasteiger partial charge >= 0.3 is 0 Å². The third-order valence-corrected chi connectivity index (χ3v) is 3.55. The summed E-state index contributed by atoms with van der Waals surface area (Å²) in [6.07, 6.45) is 2.85. The average molecular weight is 245 g/mol. The molecule has 0 aliphatic carbocycles. The molecule has 0 radical (unpaired) electrons. The summed E-state index contributed by atoms with van der Waals surface area (Å²) in [7, 11) is -3.19. The van der Waals surface area contributed by atoms with Crippen LogP contribution in [-0.4, -0.2) is 31.4 Å². The van der Waals surface area contributed by atoms with E-state index < -0.39 is 15.1 Å². The van der Waals surface area contributed by atoms with Crippen molar-refractivity contribution in [2.75, 3.05) is 12.8 Å². The fourth-order valence-corrected chi connectivity index (χ4v) is 1.46. The van der Waals surface area contributed by atoms with E-state index in [1.807, 2.05) is 0 Å². The van der Waals surface area contributed by atoms with Gasteiger partial charge in [0.25, 0.3) is 0 Å². The quantitative estimate of drug-likeness (QED) is 0.578. The highest BCUT2D eigenvalue weighted by Crippen LogP contribution is 2.17. The van der Waals surface area contributed by atoms with Crippen molar-refractivity contribution < 1.29 is 12.9 Å². The zero-order chi connectivity index (χ0) is 12.2. The first-order valence-corrected chi connectivity index (χ1v) is 6.73. The second-order valence-corrected chi connectivity index (χ2v) is 5.80. The van der Waals surface area contributed by atoms with Crippen molar-refractivity contribution in [2.45, 2.75) is 18.7 Å². The first-order valence-electron chi connectivity index (χ1n) is 4.78. The molecule has 0 fully saturated rings. The van der Waals surface area contributed by atoms with Crippen molar-refractivity contribution in [3.05, 3.63) is 24.4 Å². The van der Waals surface area contributed by atoms with Gasteiger partial charge in [-0.1, -0.05) is 11.2 Å². The Bertz CT molecular complexity index is 452. The molecule has 90 valence electrons. The predicted molar refractivity (Wildman–Crippen MR) is 59.5 cm³/mol. The molecule has 0 amide bonds. The highest BCUT2D eigenvalue weighted by molar-refractivity contribution is 7.90. The van der Waals surface area contributed by atoms with Gasteiger partial charge in [-0.15, -0.1) is 6.58 Å². The first kappa shape index (κ1) is 12.9. The zero-order valence-electron chi connectivity index (χ0n) is 9.30. The molecule has 0 aliphatic rings. The average Bonchev–Trinajstić information content (AvgIpc) is 2.64. The molecular weight excluding hydrogens is 230 g/mol. The second-order valence-electron chi connectivity index (χ2n) is 3.44. The van der Waals surface area contributed by atoms with E-state index in [0.29, 0.717) is 19.0 Å². The molecule has 16 heavy (non-hydrogen) atoms. The second kappa shape index (κ2) is 5.22. The van der Waals surface area contributed by atoms with E-state index in [1.54, 1.807) is 6.08 Å². The summed E-state index contributed by atoms with van der Waals surface area (Å²) < 4.78 is 27.4. The predicted octanol–water partition coefficient (Wildman–Crippen LogP) is 0.451. The SMILES string of the molecule is C=CCNCc1nc(C(C)S(C)(=O)=O)no1. The van der Waals surface area contributed by atoms with Gasteiger partial charge in [-0.3, -0.25) is 0 Å². The van der Waals surface area contributed by atoms with Crippen LogP contribution in [0.4, 0.5) is 0 Å². The van der Waals surface area contributed by atoms with Gasteiger partial charge in [0, 0.05) is 12.8 Å². The van der Waals surface area contributed by atoms with Gasteiger partial charge < -0.3 is 9.84 Å². The molecule has 1 heterocycles. The normalized spacial score (nSPS) is 13.6. The topological polar surface area (TPSA) is 85.1 Å². The summed E-state index contributed by atoms with van der Waals surface area (Å²) in [5.74, 6) is 0.560. The molecular formula is C9H15N3O3S. The van der Waals surface area contributed by atoms with Crippen LogP contribution in [0, 0.1) is 0 Å². The van der Waals surface area contributed by atoms with Gasteiger partial charge in [0.2, 0.25) is 5.89 Å². The molecule has 0 aromatic carbocycles. The molecule has 0 bridgehead atoms. The molecule has 1 N–H and O–H groups in total. The van der Waals surface area contributed by atoms with Crippen LogP contribution in [0.5, 0.6) is 0 Å². The fourth-order valence-electron chi connectivity index (χ4n) is 0.978. The number of nitrogens with one attached hydrogen (secondary N) is 1. The lowest BCUT2D eigenvalue weighted by molar-refractivity contribution is 0.365. The van der Waals surface area contributed by atoms with E-state index in [4.69, 9.17) is 4.52 Å². The van der Waals surface area contributed by atoms with Crippen molar-refractivity contribution in [3.63, 3.8) is 0 Å². The largest absolute Gasteiger partial charge is 0.338 e. The first-order chi connectivity index (χ1) is 7.45. The molecule has 0 saturated carbocycles. The lowest BCUT2D eigenvalue weighted by Crippen LogP contribution is -2.13. The molecule has 0 aliphatic heterocycles. The Morgan fingerprint density at radius 3 is 2.88 bits per heavy atom. The lowest BCUT2D eigenvalue weighted by atomic mass is 10.4. The van der Waals surface area contributed by atoms with Crippen LogP contribution >= 0.6 is 0 Å². The number of nitrogens with zero attached hydrogens (tertiary/aromatic N) is 2. The van der Waals surface area contributed by atoms with Crippen LogP contribution < -0.4 is 5.32 Å². The van der Waals surface area contributed by atoms with Crippen LogP contribution in [0.2, 0.25) is 0 Å². The molecule has 1 rings (SSSR count). The maximum Gasteiger partial charge on any atom is 0.240 e. The number of hydrogen-bond donors (Lipinski definition) is 1. The van der Waals surface area contributed by atoms with Gasteiger partial charge in [0.15, 0.2) is 15.7 Å². The Hall–Kier alpha value is -1.21. The van der Waals surface area contributed by atoms with Crippen LogP contribution in [0.15, 0.2) is 17.2 Å². The van der Waals surface area contributed by atoms with E-state index in [-0.39, 0.29) is 5.82 Å². The molecule has 1 unspecified atom stereocenters. The van der Waals surface area contributed by atoms with Crippen molar-refractivity contribution in [1.82, 2.24) is 15.5 Å².